The Morgan fingerprint density at radius 3 is 2.62 bits per heavy atom. The summed E-state index contributed by atoms with van der Waals surface area (Å²) in [6.07, 6.45) is 0. The fourth-order valence-corrected chi connectivity index (χ4v) is 2.88. The number of hydrogen-bond acceptors (Lipinski definition) is 4. The zero-order valence-corrected chi connectivity index (χ0v) is 13.9. The molecule has 5 nitrogen and oxygen atoms in total. The van der Waals surface area contributed by atoms with Gasteiger partial charge in [0.05, 0.1) is 11.5 Å². The molecule has 0 fully saturated rings. The molecule has 0 unspecified atom stereocenters. The van der Waals surface area contributed by atoms with Crippen LogP contribution in [0.2, 0.25) is 0 Å². The van der Waals surface area contributed by atoms with Crippen molar-refractivity contribution in [1.82, 2.24) is 5.32 Å². The molecule has 0 saturated carbocycles. The van der Waals surface area contributed by atoms with Crippen molar-refractivity contribution in [1.29, 1.82) is 0 Å². The van der Waals surface area contributed by atoms with Gasteiger partial charge in [-0.1, -0.05) is 19.9 Å². The van der Waals surface area contributed by atoms with Gasteiger partial charge < -0.3 is 10.1 Å². The normalized spacial score (nSPS) is 11.7. The third-order valence-electron chi connectivity index (χ3n) is 2.70. The van der Waals surface area contributed by atoms with Crippen molar-refractivity contribution in [2.24, 2.45) is 5.92 Å². The van der Waals surface area contributed by atoms with Crippen LogP contribution >= 0.6 is 10.7 Å². The molecule has 0 aliphatic rings. The number of rotatable bonds is 7. The topological polar surface area (TPSA) is 72.5 Å². The molecule has 21 heavy (non-hydrogen) atoms. The van der Waals surface area contributed by atoms with Crippen molar-refractivity contribution >= 4 is 25.6 Å². The molecular formula is C14H20ClNO4S. The Balaban J connectivity index is 2.63. The average Bonchev–Trinajstić information content (AvgIpc) is 2.36. The Labute approximate surface area is 130 Å². The number of carbonyl (C=O) groups is 1. The van der Waals surface area contributed by atoms with E-state index in [1.807, 2.05) is 13.8 Å². The van der Waals surface area contributed by atoms with E-state index < -0.39 is 9.05 Å². The maximum Gasteiger partial charge on any atom is 0.261 e. The van der Waals surface area contributed by atoms with Crippen molar-refractivity contribution in [2.75, 3.05) is 19.8 Å². The summed E-state index contributed by atoms with van der Waals surface area (Å²) in [4.78, 5) is 11.9. The average molecular weight is 334 g/mol. The number of benzene rings is 1. The summed E-state index contributed by atoms with van der Waals surface area (Å²) in [5.41, 5.74) is 0.755. The van der Waals surface area contributed by atoms with Crippen LogP contribution in [-0.4, -0.2) is 34.1 Å². The van der Waals surface area contributed by atoms with Crippen molar-refractivity contribution < 1.29 is 17.9 Å². The quantitative estimate of drug-likeness (QED) is 0.614. The van der Waals surface area contributed by atoms with E-state index in [-0.39, 0.29) is 16.4 Å². The third kappa shape index (κ3) is 6.03. The van der Waals surface area contributed by atoms with Crippen LogP contribution in [0.15, 0.2) is 23.1 Å². The van der Waals surface area contributed by atoms with E-state index in [9.17, 15) is 13.2 Å². The third-order valence-corrected chi connectivity index (χ3v) is 4.16. The highest BCUT2D eigenvalue weighted by Gasteiger charge is 2.16. The van der Waals surface area contributed by atoms with Crippen LogP contribution in [0.3, 0.4) is 0 Å². The van der Waals surface area contributed by atoms with Gasteiger partial charge in [-0.05, 0) is 30.5 Å². The molecule has 0 saturated heterocycles. The fourth-order valence-electron chi connectivity index (χ4n) is 1.66. The van der Waals surface area contributed by atoms with E-state index in [1.165, 1.54) is 6.07 Å². The first kappa shape index (κ1) is 17.9. The lowest BCUT2D eigenvalue weighted by Crippen LogP contribution is -2.27. The van der Waals surface area contributed by atoms with Crippen molar-refractivity contribution in [3.05, 3.63) is 29.3 Å². The Morgan fingerprint density at radius 2 is 2.05 bits per heavy atom. The van der Waals surface area contributed by atoms with E-state index in [0.717, 1.165) is 0 Å². The molecule has 0 aliphatic heterocycles. The van der Waals surface area contributed by atoms with Gasteiger partial charge in [0.15, 0.2) is 0 Å². The van der Waals surface area contributed by atoms with E-state index >= 15 is 0 Å². The Bertz CT molecular complexity index is 599. The van der Waals surface area contributed by atoms with Gasteiger partial charge in [0, 0.05) is 29.4 Å². The molecule has 1 aromatic carbocycles. The number of hydrogen-bond donors (Lipinski definition) is 1. The van der Waals surface area contributed by atoms with Crippen molar-refractivity contribution in [3.63, 3.8) is 0 Å². The smallest absolute Gasteiger partial charge is 0.261 e. The van der Waals surface area contributed by atoms with Crippen LogP contribution in [0.1, 0.15) is 29.8 Å². The lowest BCUT2D eigenvalue weighted by Gasteiger charge is -2.09. The van der Waals surface area contributed by atoms with Crippen LogP contribution in [0.25, 0.3) is 0 Å². The molecule has 1 rings (SSSR count). The minimum Gasteiger partial charge on any atom is -0.379 e. The van der Waals surface area contributed by atoms with E-state index in [4.69, 9.17) is 15.4 Å². The molecule has 0 atom stereocenters. The monoisotopic (exact) mass is 333 g/mol. The summed E-state index contributed by atoms with van der Waals surface area (Å²) < 4.78 is 28.2. The molecule has 0 spiro atoms. The van der Waals surface area contributed by atoms with Gasteiger partial charge in [0.1, 0.15) is 0 Å². The summed E-state index contributed by atoms with van der Waals surface area (Å²) in [6, 6.07) is 4.40. The highest BCUT2D eigenvalue weighted by atomic mass is 35.7. The van der Waals surface area contributed by atoms with Gasteiger partial charge in [-0.3, -0.25) is 4.79 Å². The summed E-state index contributed by atoms with van der Waals surface area (Å²) >= 11 is 0. The van der Waals surface area contributed by atoms with Crippen LogP contribution in [0, 0.1) is 12.8 Å². The van der Waals surface area contributed by atoms with Crippen molar-refractivity contribution in [2.45, 2.75) is 25.7 Å². The van der Waals surface area contributed by atoms with Crippen LogP contribution in [0.4, 0.5) is 0 Å². The molecule has 0 aromatic heterocycles. The maximum absolute atomic E-state index is 11.9. The second-order valence-corrected chi connectivity index (χ2v) is 7.68. The Hall–Kier alpha value is -1.11. The highest BCUT2D eigenvalue weighted by molar-refractivity contribution is 8.13. The summed E-state index contributed by atoms with van der Waals surface area (Å²) in [7, 11) is 1.48. The number of halogens is 1. The summed E-state index contributed by atoms with van der Waals surface area (Å²) in [6.45, 7) is 7.11. The van der Waals surface area contributed by atoms with E-state index in [1.54, 1.807) is 19.1 Å². The molecule has 0 radical (unpaired) electrons. The number of carbonyl (C=O) groups excluding carboxylic acids is 1. The molecule has 1 N–H and O–H groups in total. The largest absolute Gasteiger partial charge is 0.379 e. The predicted octanol–water partition coefficient (Wildman–Crippen LogP) is 2.32. The lowest BCUT2D eigenvalue weighted by molar-refractivity contribution is 0.0886. The van der Waals surface area contributed by atoms with Gasteiger partial charge in [-0.15, -0.1) is 0 Å². The highest BCUT2D eigenvalue weighted by Crippen LogP contribution is 2.20. The predicted molar refractivity (Wildman–Crippen MR) is 82.2 cm³/mol. The first-order chi connectivity index (χ1) is 9.71. The molecule has 1 amide bonds. The minimum absolute atomic E-state index is 0.0483. The first-order valence-electron chi connectivity index (χ1n) is 6.63. The minimum atomic E-state index is -3.86. The van der Waals surface area contributed by atoms with E-state index in [2.05, 4.69) is 5.32 Å². The molecule has 1 aromatic rings. The number of ether oxygens (including phenoxy) is 1. The van der Waals surface area contributed by atoms with Crippen molar-refractivity contribution in [3.8, 4) is 0 Å². The van der Waals surface area contributed by atoms with Gasteiger partial charge >= 0.3 is 0 Å². The number of amides is 1. The standard InChI is InChI=1S/C14H20ClNO4S/c1-10(2)9-20-7-6-16-14(17)12-5-4-11(3)13(8-12)21(15,18)19/h4-5,8,10H,6-7,9H2,1-3H3,(H,16,17). The lowest BCUT2D eigenvalue weighted by atomic mass is 10.1. The number of aryl methyl sites for hydroxylation is 1. The molecule has 0 bridgehead atoms. The molecular weight excluding hydrogens is 314 g/mol. The zero-order valence-electron chi connectivity index (χ0n) is 12.3. The summed E-state index contributed by atoms with van der Waals surface area (Å²) in [5.74, 6) is 0.0824. The zero-order chi connectivity index (χ0) is 16.0. The summed E-state index contributed by atoms with van der Waals surface area (Å²) in [5, 5.41) is 2.67. The van der Waals surface area contributed by atoms with Crippen LogP contribution < -0.4 is 5.32 Å². The SMILES string of the molecule is Cc1ccc(C(=O)NCCOCC(C)C)cc1S(=O)(=O)Cl. The maximum atomic E-state index is 11.9. The second-order valence-electron chi connectivity index (χ2n) is 5.14. The molecule has 118 valence electrons. The van der Waals surface area contributed by atoms with Crippen LogP contribution in [0.5, 0.6) is 0 Å². The Morgan fingerprint density at radius 1 is 1.38 bits per heavy atom. The van der Waals surface area contributed by atoms with Gasteiger partial charge in [-0.25, -0.2) is 8.42 Å². The van der Waals surface area contributed by atoms with Gasteiger partial charge in [0.2, 0.25) is 0 Å². The Kier molecular flexibility index (Phi) is 6.64. The molecule has 7 heteroatoms. The first-order valence-corrected chi connectivity index (χ1v) is 8.94. The molecule has 0 heterocycles. The van der Waals surface area contributed by atoms with E-state index in [0.29, 0.717) is 31.2 Å². The fraction of sp³-hybridized carbons (Fsp3) is 0.500. The van der Waals surface area contributed by atoms with Crippen LogP contribution in [-0.2, 0) is 13.8 Å². The number of nitrogens with one attached hydrogen (secondary N) is 1. The van der Waals surface area contributed by atoms with Gasteiger partial charge in [0.25, 0.3) is 15.0 Å². The van der Waals surface area contributed by atoms with Gasteiger partial charge in [-0.2, -0.15) is 0 Å². The second kappa shape index (κ2) is 7.77. The molecule has 0 aliphatic carbocycles.